The number of hydrogen-bond acceptors (Lipinski definition) is 4. The lowest BCUT2D eigenvalue weighted by molar-refractivity contribution is 0.157. The van der Waals surface area contributed by atoms with Crippen molar-refractivity contribution in [2.24, 2.45) is 0 Å². The molecule has 9 heteroatoms. The number of aromatic nitrogens is 1. The van der Waals surface area contributed by atoms with Crippen molar-refractivity contribution in [2.45, 2.75) is 0 Å². The zero-order chi connectivity index (χ0) is 21.3. The lowest BCUT2D eigenvalue weighted by atomic mass is 9.95. The maximum absolute atomic E-state index is 13.6. The Kier molecular flexibility index (Phi) is 6.27. The molecule has 152 valence electrons. The van der Waals surface area contributed by atoms with Gasteiger partial charge in [-0.1, -0.05) is 34.8 Å². The van der Waals surface area contributed by atoms with Gasteiger partial charge in [0.1, 0.15) is 29.4 Å². The number of halogens is 4. The van der Waals surface area contributed by atoms with Gasteiger partial charge in [-0.3, -0.25) is 4.79 Å². The first-order valence-corrected chi connectivity index (χ1v) is 9.32. The molecule has 1 aromatic heterocycles. The number of methoxy groups -OCH3 is 2. The first kappa shape index (κ1) is 21.3. The number of rotatable bonds is 5. The normalized spacial score (nSPS) is 10.7. The lowest BCUT2D eigenvalue weighted by Crippen LogP contribution is -2.25. The molecule has 0 spiro atoms. The molecule has 0 aliphatic carbocycles. The Bertz CT molecular complexity index is 1150. The van der Waals surface area contributed by atoms with Crippen molar-refractivity contribution < 1.29 is 18.7 Å². The van der Waals surface area contributed by atoms with Gasteiger partial charge in [0.05, 0.1) is 30.5 Å². The fourth-order valence-corrected chi connectivity index (χ4v) is 3.73. The maximum Gasteiger partial charge on any atom is 0.302 e. The van der Waals surface area contributed by atoms with E-state index in [9.17, 15) is 9.18 Å². The highest BCUT2D eigenvalue weighted by molar-refractivity contribution is 6.38. The van der Waals surface area contributed by atoms with Crippen molar-refractivity contribution in [3.05, 3.63) is 67.8 Å². The lowest BCUT2D eigenvalue weighted by Gasteiger charge is -2.18. The highest BCUT2D eigenvalue weighted by Gasteiger charge is 2.23. The third-order valence-corrected chi connectivity index (χ3v) is 5.33. The molecule has 0 fully saturated rings. The molecular weight excluding hydrogens is 444 g/mol. The van der Waals surface area contributed by atoms with Gasteiger partial charge in [-0.15, -0.1) is 0 Å². The second kappa shape index (κ2) is 8.53. The molecule has 0 aliphatic rings. The molecule has 0 bridgehead atoms. The molecule has 0 atom stereocenters. The van der Waals surface area contributed by atoms with Crippen LogP contribution in [0.5, 0.6) is 11.5 Å². The van der Waals surface area contributed by atoms with Crippen molar-refractivity contribution in [1.29, 1.82) is 0 Å². The minimum absolute atomic E-state index is 0.0775. The fourth-order valence-electron chi connectivity index (χ4n) is 2.89. The van der Waals surface area contributed by atoms with Gasteiger partial charge >= 0.3 is 5.56 Å². The summed E-state index contributed by atoms with van der Waals surface area (Å²) >= 11 is 19.2. The van der Waals surface area contributed by atoms with Gasteiger partial charge in [-0.25, -0.2) is 4.39 Å². The molecule has 0 saturated carbocycles. The van der Waals surface area contributed by atoms with Crippen LogP contribution in [0.3, 0.4) is 0 Å². The van der Waals surface area contributed by atoms with E-state index in [2.05, 4.69) is 0 Å². The Morgan fingerprint density at radius 1 is 0.897 bits per heavy atom. The highest BCUT2D eigenvalue weighted by Crippen LogP contribution is 2.45. The first-order valence-electron chi connectivity index (χ1n) is 8.19. The zero-order valence-electron chi connectivity index (χ0n) is 15.6. The van der Waals surface area contributed by atoms with Gasteiger partial charge in [0.25, 0.3) is 0 Å². The number of ether oxygens (including phenoxy) is 2. The van der Waals surface area contributed by atoms with E-state index in [4.69, 9.17) is 49.1 Å². The molecule has 1 heterocycles. The summed E-state index contributed by atoms with van der Waals surface area (Å²) in [5, 5.41) is 0.162. The van der Waals surface area contributed by atoms with Crippen molar-refractivity contribution >= 4 is 34.8 Å². The molecule has 3 rings (SSSR count). The standard InChI is InChI=1S/C20H15Cl3FNO4/c1-27-11-7-13(18(22)16(8-11)28-2)14-9-25(29-3)20(26)19(23)17(14)12-5-4-10(24)6-15(12)21/h4-9H,1-3H3. The van der Waals surface area contributed by atoms with Crippen molar-refractivity contribution in [3.63, 3.8) is 0 Å². The number of nitrogens with zero attached hydrogens (tertiary/aromatic N) is 1. The number of pyridine rings is 1. The Balaban J connectivity index is 2.47. The van der Waals surface area contributed by atoms with E-state index >= 15 is 0 Å². The predicted molar refractivity (Wildman–Crippen MR) is 112 cm³/mol. The van der Waals surface area contributed by atoms with Crippen LogP contribution in [0.25, 0.3) is 22.3 Å². The second-order valence-electron chi connectivity index (χ2n) is 5.86. The average Bonchev–Trinajstić information content (AvgIpc) is 2.71. The van der Waals surface area contributed by atoms with Gasteiger partial charge in [0.2, 0.25) is 0 Å². The number of benzene rings is 2. The fraction of sp³-hybridized carbons (Fsp3) is 0.150. The van der Waals surface area contributed by atoms with Gasteiger partial charge in [0, 0.05) is 28.3 Å². The third kappa shape index (κ3) is 3.88. The minimum atomic E-state index is -0.612. The van der Waals surface area contributed by atoms with E-state index in [1.165, 1.54) is 39.7 Å². The summed E-state index contributed by atoms with van der Waals surface area (Å²) in [6, 6.07) is 7.06. The molecule has 29 heavy (non-hydrogen) atoms. The topological polar surface area (TPSA) is 49.7 Å². The van der Waals surface area contributed by atoms with Crippen LogP contribution in [0.4, 0.5) is 4.39 Å². The van der Waals surface area contributed by atoms with Crippen molar-refractivity contribution in [1.82, 2.24) is 4.73 Å². The monoisotopic (exact) mass is 457 g/mol. The van der Waals surface area contributed by atoms with Crippen LogP contribution in [0.1, 0.15) is 0 Å². The van der Waals surface area contributed by atoms with Crippen LogP contribution in [-0.2, 0) is 0 Å². The van der Waals surface area contributed by atoms with E-state index in [1.54, 1.807) is 12.1 Å². The predicted octanol–water partition coefficient (Wildman–Crippen LogP) is 5.36. The van der Waals surface area contributed by atoms with E-state index in [-0.39, 0.29) is 20.6 Å². The van der Waals surface area contributed by atoms with Gasteiger partial charge in [-0.2, -0.15) is 4.73 Å². The van der Waals surface area contributed by atoms with E-state index < -0.39 is 11.4 Å². The van der Waals surface area contributed by atoms with Crippen LogP contribution in [0.2, 0.25) is 15.1 Å². The third-order valence-electron chi connectivity index (χ3n) is 4.28. The van der Waals surface area contributed by atoms with Crippen LogP contribution >= 0.6 is 34.8 Å². The minimum Gasteiger partial charge on any atom is -0.497 e. The average molecular weight is 459 g/mol. The molecule has 0 saturated heterocycles. The molecule has 0 unspecified atom stereocenters. The summed E-state index contributed by atoms with van der Waals surface area (Å²) in [7, 11) is 4.28. The molecule has 0 N–H and O–H groups in total. The number of hydrogen-bond donors (Lipinski definition) is 0. The Morgan fingerprint density at radius 2 is 1.62 bits per heavy atom. The molecule has 0 radical (unpaired) electrons. The largest absolute Gasteiger partial charge is 0.497 e. The Morgan fingerprint density at radius 3 is 2.21 bits per heavy atom. The summed E-state index contributed by atoms with van der Waals surface area (Å²) in [4.78, 5) is 17.7. The summed E-state index contributed by atoms with van der Waals surface area (Å²) in [5.74, 6) is 0.287. The van der Waals surface area contributed by atoms with E-state index in [0.717, 1.165) is 10.8 Å². The zero-order valence-corrected chi connectivity index (χ0v) is 17.8. The second-order valence-corrected chi connectivity index (χ2v) is 7.02. The summed E-state index contributed by atoms with van der Waals surface area (Å²) in [5.41, 5.74) is 0.871. The van der Waals surface area contributed by atoms with Crippen LogP contribution in [0, 0.1) is 5.82 Å². The molecule has 2 aromatic carbocycles. The Labute approximate surface area is 181 Å². The van der Waals surface area contributed by atoms with Crippen molar-refractivity contribution in [3.8, 4) is 33.8 Å². The highest BCUT2D eigenvalue weighted by atomic mass is 35.5. The molecule has 0 amide bonds. The maximum atomic E-state index is 13.6. The van der Waals surface area contributed by atoms with Crippen LogP contribution in [-0.4, -0.2) is 26.1 Å². The summed E-state index contributed by atoms with van der Waals surface area (Å²) in [6.45, 7) is 0. The molecule has 5 nitrogen and oxygen atoms in total. The molecular formula is C20H15Cl3FNO4. The van der Waals surface area contributed by atoms with E-state index in [0.29, 0.717) is 28.2 Å². The molecule has 0 aliphatic heterocycles. The van der Waals surface area contributed by atoms with Gasteiger partial charge in [-0.05, 0) is 24.3 Å². The van der Waals surface area contributed by atoms with E-state index in [1.807, 2.05) is 0 Å². The summed E-state index contributed by atoms with van der Waals surface area (Å²) < 4.78 is 25.2. The SMILES string of the molecule is COc1cc(OC)c(Cl)c(-c2cn(OC)c(=O)c(Cl)c2-c2ccc(F)cc2Cl)c1. The van der Waals surface area contributed by atoms with Crippen LogP contribution in [0.15, 0.2) is 41.3 Å². The Hall–Kier alpha value is -2.41. The van der Waals surface area contributed by atoms with Gasteiger partial charge < -0.3 is 14.3 Å². The molecule has 3 aromatic rings. The smallest absolute Gasteiger partial charge is 0.302 e. The quantitative estimate of drug-likeness (QED) is 0.517. The first-order chi connectivity index (χ1) is 13.8. The summed E-state index contributed by atoms with van der Waals surface area (Å²) in [6.07, 6.45) is 1.42. The van der Waals surface area contributed by atoms with Crippen molar-refractivity contribution in [2.75, 3.05) is 21.3 Å². The van der Waals surface area contributed by atoms with Gasteiger partial charge in [0.15, 0.2) is 0 Å². The van der Waals surface area contributed by atoms with Crippen LogP contribution < -0.4 is 19.9 Å².